The first-order valence-corrected chi connectivity index (χ1v) is 4.84. The summed E-state index contributed by atoms with van der Waals surface area (Å²) in [4.78, 5) is 21.9. The minimum absolute atomic E-state index is 0.00426. The van der Waals surface area contributed by atoms with E-state index in [-0.39, 0.29) is 16.7 Å². The molecule has 0 unspecified atom stereocenters. The molecule has 2 N–H and O–H groups in total. The van der Waals surface area contributed by atoms with Crippen molar-refractivity contribution >= 4 is 17.5 Å². The molecule has 16 heavy (non-hydrogen) atoms. The van der Waals surface area contributed by atoms with Crippen molar-refractivity contribution in [3.8, 4) is 0 Å². The van der Waals surface area contributed by atoms with Crippen LogP contribution in [0.1, 0.15) is 29.3 Å². The highest BCUT2D eigenvalue weighted by Crippen LogP contribution is 2.20. The summed E-state index contributed by atoms with van der Waals surface area (Å²) in [6.07, 6.45) is 2.04. The van der Waals surface area contributed by atoms with Gasteiger partial charge in [0.1, 0.15) is 0 Å². The third kappa shape index (κ3) is 2.48. The van der Waals surface area contributed by atoms with Crippen LogP contribution < -0.4 is 0 Å². The smallest absolute Gasteiger partial charge is 0.336 e. The molecule has 0 aromatic heterocycles. The first-order valence-electron chi connectivity index (χ1n) is 4.84. The maximum Gasteiger partial charge on any atom is 0.336 e. The Morgan fingerprint density at radius 2 is 1.75 bits per heavy atom. The Labute approximate surface area is 92.8 Å². The van der Waals surface area contributed by atoms with E-state index in [1.165, 1.54) is 18.2 Å². The maximum atomic E-state index is 11.0. The van der Waals surface area contributed by atoms with Crippen LogP contribution in [-0.4, -0.2) is 22.2 Å². The van der Waals surface area contributed by atoms with E-state index in [4.69, 9.17) is 10.2 Å². The van der Waals surface area contributed by atoms with Gasteiger partial charge in [0.15, 0.2) is 0 Å². The van der Waals surface area contributed by atoms with E-state index in [1.54, 1.807) is 19.1 Å². The van der Waals surface area contributed by atoms with Crippen LogP contribution in [-0.2, 0) is 4.79 Å². The SMILES string of the molecule is CCC=C(C(=O)O)c1ccccc1C(=O)O. The van der Waals surface area contributed by atoms with E-state index >= 15 is 0 Å². The first kappa shape index (κ1) is 12.0. The third-order valence-electron chi connectivity index (χ3n) is 2.09. The number of aromatic carboxylic acids is 1. The van der Waals surface area contributed by atoms with Crippen molar-refractivity contribution in [3.05, 3.63) is 41.5 Å². The molecular weight excluding hydrogens is 208 g/mol. The number of allylic oxidation sites excluding steroid dienone is 1. The molecule has 0 saturated heterocycles. The first-order chi connectivity index (χ1) is 7.57. The lowest BCUT2D eigenvalue weighted by Gasteiger charge is -2.06. The highest BCUT2D eigenvalue weighted by molar-refractivity contribution is 6.17. The number of carboxylic acids is 2. The third-order valence-corrected chi connectivity index (χ3v) is 2.09. The lowest BCUT2D eigenvalue weighted by molar-refractivity contribution is -0.130. The topological polar surface area (TPSA) is 74.6 Å². The number of aliphatic carboxylic acids is 1. The predicted molar refractivity (Wildman–Crippen MR) is 59.3 cm³/mol. The molecule has 4 nitrogen and oxygen atoms in total. The second-order valence-electron chi connectivity index (χ2n) is 3.18. The van der Waals surface area contributed by atoms with Gasteiger partial charge in [-0.05, 0) is 12.5 Å². The molecule has 0 atom stereocenters. The lowest BCUT2D eigenvalue weighted by Crippen LogP contribution is -2.07. The average molecular weight is 220 g/mol. The minimum Gasteiger partial charge on any atom is -0.478 e. The zero-order valence-electron chi connectivity index (χ0n) is 8.80. The fourth-order valence-corrected chi connectivity index (χ4v) is 1.42. The largest absolute Gasteiger partial charge is 0.478 e. The minimum atomic E-state index is -1.13. The second-order valence-corrected chi connectivity index (χ2v) is 3.18. The molecule has 0 spiro atoms. The molecule has 1 rings (SSSR count). The van der Waals surface area contributed by atoms with Gasteiger partial charge < -0.3 is 10.2 Å². The summed E-state index contributed by atoms with van der Waals surface area (Å²) in [6, 6.07) is 6.08. The van der Waals surface area contributed by atoms with Crippen molar-refractivity contribution in [2.45, 2.75) is 13.3 Å². The highest BCUT2D eigenvalue weighted by atomic mass is 16.4. The molecule has 0 aliphatic heterocycles. The zero-order chi connectivity index (χ0) is 12.1. The lowest BCUT2D eigenvalue weighted by atomic mass is 9.99. The van der Waals surface area contributed by atoms with Crippen molar-refractivity contribution in [1.82, 2.24) is 0 Å². The Bertz CT molecular complexity index is 446. The van der Waals surface area contributed by atoms with Gasteiger partial charge in [-0.1, -0.05) is 31.2 Å². The van der Waals surface area contributed by atoms with Gasteiger partial charge in [-0.3, -0.25) is 0 Å². The van der Waals surface area contributed by atoms with E-state index in [2.05, 4.69) is 0 Å². The highest BCUT2D eigenvalue weighted by Gasteiger charge is 2.16. The van der Waals surface area contributed by atoms with E-state index in [9.17, 15) is 9.59 Å². The van der Waals surface area contributed by atoms with Crippen LogP contribution in [0.4, 0.5) is 0 Å². The van der Waals surface area contributed by atoms with Crippen LogP contribution in [0.5, 0.6) is 0 Å². The van der Waals surface area contributed by atoms with Crippen LogP contribution >= 0.6 is 0 Å². The summed E-state index contributed by atoms with van der Waals surface area (Å²) < 4.78 is 0. The van der Waals surface area contributed by atoms with E-state index in [1.807, 2.05) is 0 Å². The molecule has 0 saturated carbocycles. The number of carboxylic acid groups (broad SMARTS) is 2. The summed E-state index contributed by atoms with van der Waals surface area (Å²) in [5, 5.41) is 17.9. The van der Waals surface area contributed by atoms with Gasteiger partial charge in [-0.15, -0.1) is 0 Å². The fourth-order valence-electron chi connectivity index (χ4n) is 1.42. The van der Waals surface area contributed by atoms with Crippen LogP contribution in [0.25, 0.3) is 5.57 Å². The standard InChI is InChI=1S/C12H12O4/c1-2-5-9(11(13)14)8-6-3-4-7-10(8)12(15)16/h3-7H,2H2,1H3,(H,13,14)(H,15,16). The Balaban J connectivity index is 3.35. The molecule has 1 aromatic carbocycles. The molecule has 0 fully saturated rings. The van der Waals surface area contributed by atoms with Crippen molar-refractivity contribution in [1.29, 1.82) is 0 Å². The van der Waals surface area contributed by atoms with Crippen molar-refractivity contribution in [2.24, 2.45) is 0 Å². The maximum absolute atomic E-state index is 11.0. The molecule has 84 valence electrons. The van der Waals surface area contributed by atoms with E-state index in [0.717, 1.165) is 0 Å². The summed E-state index contributed by atoms with van der Waals surface area (Å²) in [5.74, 6) is -2.24. The molecule has 0 heterocycles. The monoisotopic (exact) mass is 220 g/mol. The van der Waals surface area contributed by atoms with Crippen LogP contribution in [0.2, 0.25) is 0 Å². The van der Waals surface area contributed by atoms with Gasteiger partial charge in [-0.2, -0.15) is 0 Å². The van der Waals surface area contributed by atoms with Gasteiger partial charge in [0.2, 0.25) is 0 Å². The normalized spacial score (nSPS) is 11.2. The molecular formula is C12H12O4. The summed E-state index contributed by atoms with van der Waals surface area (Å²) >= 11 is 0. The molecule has 0 bridgehead atoms. The Morgan fingerprint density at radius 1 is 1.19 bits per heavy atom. The van der Waals surface area contributed by atoms with Crippen LogP contribution in [0.15, 0.2) is 30.3 Å². The van der Waals surface area contributed by atoms with Crippen LogP contribution in [0.3, 0.4) is 0 Å². The Kier molecular flexibility index (Phi) is 3.83. The van der Waals surface area contributed by atoms with E-state index < -0.39 is 11.9 Å². The molecule has 4 heteroatoms. The number of rotatable bonds is 4. The molecule has 0 amide bonds. The van der Waals surface area contributed by atoms with Gasteiger partial charge >= 0.3 is 11.9 Å². The predicted octanol–water partition coefficient (Wildman–Crippen LogP) is 2.26. The molecule has 0 aliphatic rings. The number of benzene rings is 1. The Hall–Kier alpha value is -2.10. The average Bonchev–Trinajstić information content (AvgIpc) is 2.25. The van der Waals surface area contributed by atoms with Crippen molar-refractivity contribution in [2.75, 3.05) is 0 Å². The van der Waals surface area contributed by atoms with Gasteiger partial charge in [0.25, 0.3) is 0 Å². The zero-order valence-corrected chi connectivity index (χ0v) is 8.80. The number of hydrogen-bond acceptors (Lipinski definition) is 2. The van der Waals surface area contributed by atoms with Crippen molar-refractivity contribution in [3.63, 3.8) is 0 Å². The quantitative estimate of drug-likeness (QED) is 0.763. The van der Waals surface area contributed by atoms with Crippen LogP contribution in [0, 0.1) is 0 Å². The fraction of sp³-hybridized carbons (Fsp3) is 0.167. The van der Waals surface area contributed by atoms with E-state index in [0.29, 0.717) is 6.42 Å². The van der Waals surface area contributed by atoms with Crippen molar-refractivity contribution < 1.29 is 19.8 Å². The molecule has 0 radical (unpaired) electrons. The Morgan fingerprint density at radius 3 is 2.19 bits per heavy atom. The number of carbonyl (C=O) groups is 2. The molecule has 0 aliphatic carbocycles. The number of hydrogen-bond donors (Lipinski definition) is 2. The van der Waals surface area contributed by atoms with Gasteiger partial charge in [-0.25, -0.2) is 9.59 Å². The second kappa shape index (κ2) is 5.11. The summed E-state index contributed by atoms with van der Waals surface area (Å²) in [6.45, 7) is 1.80. The summed E-state index contributed by atoms with van der Waals surface area (Å²) in [7, 11) is 0. The summed E-state index contributed by atoms with van der Waals surface area (Å²) in [5.41, 5.74) is 0.273. The van der Waals surface area contributed by atoms with Gasteiger partial charge in [0, 0.05) is 5.56 Å². The molecule has 1 aromatic rings. The van der Waals surface area contributed by atoms with Gasteiger partial charge in [0.05, 0.1) is 11.1 Å².